The van der Waals surface area contributed by atoms with Gasteiger partial charge < -0.3 is 52.2 Å². The highest BCUT2D eigenvalue weighted by atomic mass is 16.5. The third-order valence-electron chi connectivity index (χ3n) is 5.87. The van der Waals surface area contributed by atoms with E-state index in [2.05, 4.69) is 17.2 Å². The Morgan fingerprint density at radius 2 is 1.40 bits per heavy atom. The molecule has 0 aliphatic rings. The van der Waals surface area contributed by atoms with Crippen molar-refractivity contribution < 1.29 is 49.8 Å². The lowest BCUT2D eigenvalue weighted by molar-refractivity contribution is -0.164. The lowest BCUT2D eigenvalue weighted by Crippen LogP contribution is -2.48. The van der Waals surface area contributed by atoms with Crippen molar-refractivity contribution in [3.05, 3.63) is 0 Å². The van der Waals surface area contributed by atoms with Gasteiger partial charge in [-0.15, -0.1) is 0 Å². The lowest BCUT2D eigenvalue weighted by Gasteiger charge is -2.23. The number of hydrogen-bond donors (Lipinski definition) is 9. The zero-order chi connectivity index (χ0) is 30.9. The van der Waals surface area contributed by atoms with Gasteiger partial charge >= 0.3 is 11.9 Å². The number of nitrogens with one attached hydrogen (secondary N) is 1. The van der Waals surface area contributed by atoms with Crippen LogP contribution in [0.4, 0.5) is 0 Å². The van der Waals surface area contributed by atoms with Crippen LogP contribution in [0.5, 0.6) is 0 Å². The molecular formula is C26H52N4O10. The van der Waals surface area contributed by atoms with Gasteiger partial charge in [-0.05, 0) is 26.2 Å². The number of hydrogen-bond acceptors (Lipinski definition) is 10. The molecule has 11 N–H and O–H groups in total. The first-order valence-corrected chi connectivity index (χ1v) is 14.0. The summed E-state index contributed by atoms with van der Waals surface area (Å²) >= 11 is 0. The Kier molecular flexibility index (Phi) is 25.2. The van der Waals surface area contributed by atoms with Crippen LogP contribution in [0.15, 0.2) is 4.99 Å². The quantitative estimate of drug-likeness (QED) is 0.0340. The topological polar surface area (TPSA) is 258 Å². The van der Waals surface area contributed by atoms with Gasteiger partial charge in [0.25, 0.3) is 0 Å². The minimum atomic E-state index is -2.20. The highest BCUT2D eigenvalue weighted by Crippen LogP contribution is 2.11. The van der Waals surface area contributed by atoms with Gasteiger partial charge in [-0.25, -0.2) is 9.59 Å². The summed E-state index contributed by atoms with van der Waals surface area (Å²) in [5.74, 6) is -2.20. The number of esters is 1. The second-order valence-corrected chi connectivity index (χ2v) is 9.41. The van der Waals surface area contributed by atoms with E-state index < -0.39 is 49.0 Å². The minimum Gasteiger partial charge on any atom is -0.479 e. The van der Waals surface area contributed by atoms with E-state index in [1.54, 1.807) is 6.92 Å². The molecule has 0 spiro atoms. The summed E-state index contributed by atoms with van der Waals surface area (Å²) < 4.78 is 5.04. The molecule has 0 fully saturated rings. The predicted molar refractivity (Wildman–Crippen MR) is 149 cm³/mol. The van der Waals surface area contributed by atoms with Crippen LogP contribution in [0.25, 0.3) is 0 Å². The molecule has 0 aromatic carbocycles. The normalized spacial score (nSPS) is 14.5. The maximum Gasteiger partial charge on any atom is 0.335 e. The van der Waals surface area contributed by atoms with E-state index in [9.17, 15) is 14.4 Å². The Labute approximate surface area is 236 Å². The zero-order valence-corrected chi connectivity index (χ0v) is 23.9. The first-order chi connectivity index (χ1) is 18.9. The number of carbonyl (C=O) groups is 3. The lowest BCUT2D eigenvalue weighted by atomic mass is 10.0. The summed E-state index contributed by atoms with van der Waals surface area (Å²) in [5, 5.41) is 54.6. The summed E-state index contributed by atoms with van der Waals surface area (Å²) in [6, 6.07) is -0.634. The first-order valence-electron chi connectivity index (χ1n) is 14.0. The summed E-state index contributed by atoms with van der Waals surface area (Å²) in [6.07, 6.45) is 4.50. The molecule has 0 heterocycles. The van der Waals surface area contributed by atoms with Gasteiger partial charge in [0, 0.05) is 13.0 Å². The van der Waals surface area contributed by atoms with Crippen LogP contribution in [0.3, 0.4) is 0 Å². The molecule has 0 rings (SSSR count). The molecule has 5 atom stereocenters. The van der Waals surface area contributed by atoms with Gasteiger partial charge in [-0.2, -0.15) is 0 Å². The van der Waals surface area contributed by atoms with Gasteiger partial charge in [0.05, 0.1) is 13.2 Å². The van der Waals surface area contributed by atoms with Crippen molar-refractivity contribution in [2.24, 2.45) is 16.5 Å². The Hall–Kier alpha value is -2.52. The third kappa shape index (κ3) is 21.3. The number of amides is 1. The van der Waals surface area contributed by atoms with E-state index >= 15 is 0 Å². The number of aliphatic imine (C=N–C) groups is 1. The van der Waals surface area contributed by atoms with E-state index in [-0.39, 0.29) is 18.5 Å². The number of carboxylic acids is 1. The van der Waals surface area contributed by atoms with Crippen molar-refractivity contribution in [2.75, 3.05) is 19.8 Å². The predicted octanol–water partition coefficient (Wildman–Crippen LogP) is -0.484. The molecule has 0 aromatic heterocycles. The van der Waals surface area contributed by atoms with Crippen molar-refractivity contribution in [3.8, 4) is 0 Å². The van der Waals surface area contributed by atoms with E-state index in [1.807, 2.05) is 0 Å². The van der Waals surface area contributed by atoms with Crippen LogP contribution in [0.2, 0.25) is 0 Å². The summed E-state index contributed by atoms with van der Waals surface area (Å²) in [6.45, 7) is 3.84. The fraction of sp³-hybridized carbons (Fsp3) is 0.846. The number of ether oxygens (including phenoxy) is 1. The fourth-order valence-corrected chi connectivity index (χ4v) is 3.53. The maximum atomic E-state index is 12.1. The smallest absolute Gasteiger partial charge is 0.335 e. The Balaban J connectivity index is 0. The number of carboxylic acid groups (broad SMARTS) is 1. The Bertz CT molecular complexity index is 707. The van der Waals surface area contributed by atoms with Crippen LogP contribution in [-0.4, -0.2) is 105 Å². The number of nitrogens with zero attached hydrogens (tertiary/aromatic N) is 1. The van der Waals surface area contributed by atoms with E-state index in [4.69, 9.17) is 46.8 Å². The molecule has 0 aliphatic heterocycles. The second kappa shape index (κ2) is 25.4. The fourth-order valence-electron chi connectivity index (χ4n) is 3.53. The van der Waals surface area contributed by atoms with Crippen molar-refractivity contribution in [1.29, 1.82) is 0 Å². The van der Waals surface area contributed by atoms with Crippen molar-refractivity contribution in [2.45, 2.75) is 121 Å². The number of guanidine groups is 1. The molecule has 0 unspecified atom stereocenters. The number of nitrogens with two attached hydrogens (primary N) is 2. The summed E-state index contributed by atoms with van der Waals surface area (Å²) in [7, 11) is 0. The maximum absolute atomic E-state index is 12.1. The number of aliphatic hydroxyl groups is 5. The molecule has 14 heteroatoms. The molecule has 0 saturated carbocycles. The van der Waals surface area contributed by atoms with Crippen molar-refractivity contribution in [1.82, 2.24) is 5.32 Å². The van der Waals surface area contributed by atoms with Crippen LogP contribution in [-0.2, 0) is 19.1 Å². The van der Waals surface area contributed by atoms with Gasteiger partial charge in [-0.3, -0.25) is 9.79 Å². The van der Waals surface area contributed by atoms with Gasteiger partial charge in [-0.1, -0.05) is 58.3 Å². The van der Waals surface area contributed by atoms with Crippen LogP contribution < -0.4 is 16.8 Å². The SMILES string of the molecule is CCCCCCCCCCCC(=O)N[C@@H](CCCN=C(N)N)C(=O)OCC.O=C(O)[C@H](O)[C@@H](O)[C@H](O)[C@H](O)CO. The third-order valence-corrected chi connectivity index (χ3v) is 5.87. The largest absolute Gasteiger partial charge is 0.479 e. The number of unbranched alkanes of at least 4 members (excludes halogenated alkanes) is 8. The molecule has 14 nitrogen and oxygen atoms in total. The molecular weight excluding hydrogens is 528 g/mol. The summed E-state index contributed by atoms with van der Waals surface area (Å²) in [4.78, 5) is 38.1. The monoisotopic (exact) mass is 580 g/mol. The number of aliphatic carboxylic acids is 1. The van der Waals surface area contributed by atoms with E-state index in [1.165, 1.54) is 44.9 Å². The zero-order valence-electron chi connectivity index (χ0n) is 23.9. The molecule has 0 bridgehead atoms. The molecule has 0 aliphatic carbocycles. The number of aliphatic hydroxyl groups excluding tert-OH is 5. The van der Waals surface area contributed by atoms with Crippen LogP contribution >= 0.6 is 0 Å². The molecule has 40 heavy (non-hydrogen) atoms. The van der Waals surface area contributed by atoms with E-state index in [0.29, 0.717) is 25.8 Å². The molecule has 236 valence electrons. The van der Waals surface area contributed by atoms with Gasteiger partial charge in [0.15, 0.2) is 12.1 Å². The van der Waals surface area contributed by atoms with Crippen LogP contribution in [0, 0.1) is 0 Å². The van der Waals surface area contributed by atoms with E-state index in [0.717, 1.165) is 12.8 Å². The van der Waals surface area contributed by atoms with Crippen molar-refractivity contribution in [3.63, 3.8) is 0 Å². The second-order valence-electron chi connectivity index (χ2n) is 9.41. The van der Waals surface area contributed by atoms with Gasteiger partial charge in [0.2, 0.25) is 5.91 Å². The highest BCUT2D eigenvalue weighted by molar-refractivity contribution is 5.84. The summed E-state index contributed by atoms with van der Waals surface area (Å²) in [5.41, 5.74) is 10.6. The minimum absolute atomic E-state index is 0.0251. The first kappa shape index (κ1) is 39.6. The molecule has 0 saturated heterocycles. The van der Waals surface area contributed by atoms with Crippen molar-refractivity contribution >= 4 is 23.8 Å². The van der Waals surface area contributed by atoms with Gasteiger partial charge in [0.1, 0.15) is 24.4 Å². The average molecular weight is 581 g/mol. The Morgan fingerprint density at radius 1 is 0.850 bits per heavy atom. The number of carbonyl (C=O) groups excluding carboxylic acids is 2. The number of rotatable bonds is 22. The molecule has 0 radical (unpaired) electrons. The molecule has 1 amide bonds. The highest BCUT2D eigenvalue weighted by Gasteiger charge is 2.33. The standard InChI is InChI=1S/C20H40N4O3.C6H12O7/c1-3-5-6-7-8-9-10-11-12-15-18(25)24-17(19(26)27-4-2)14-13-16-23-20(21)22;7-1-2(8)3(9)4(10)5(11)6(12)13/h17H,3-16H2,1-2H3,(H,24,25)(H4,21,22,23);2-5,7-11H,1H2,(H,12,13)/t17-;2-,3-,4+,5-/m01/s1. The molecule has 0 aromatic rings. The average Bonchev–Trinajstić information content (AvgIpc) is 2.92. The Morgan fingerprint density at radius 3 is 1.88 bits per heavy atom. The van der Waals surface area contributed by atoms with Crippen LogP contribution in [0.1, 0.15) is 90.9 Å².